The molecule has 1 aliphatic heterocycles. The van der Waals surface area contributed by atoms with Crippen LogP contribution in [0.2, 0.25) is 0 Å². The van der Waals surface area contributed by atoms with Crippen molar-refractivity contribution in [2.24, 2.45) is 23.7 Å². The number of carbonyl (C=O) groups excluding carboxylic acids is 2. The van der Waals surface area contributed by atoms with Gasteiger partial charge in [-0.05, 0) is 65.8 Å². The third-order valence-corrected chi connectivity index (χ3v) is 11.6. The topological polar surface area (TPSA) is 46.6 Å². The molecule has 2 saturated carbocycles. The number of fused-ring (bicyclic) bond motifs is 5. The zero-order chi connectivity index (χ0) is 25.2. The molecule has 3 aliphatic rings. The minimum Gasteiger partial charge on any atom is -0.457 e. The Balaban J connectivity index is 1.17. The van der Waals surface area contributed by atoms with E-state index in [4.69, 9.17) is 4.74 Å². The zero-order valence-electron chi connectivity index (χ0n) is 20.1. The number of halogens is 2. The molecule has 0 radical (unpaired) electrons. The highest BCUT2D eigenvalue weighted by atomic mass is 79.9. The van der Waals surface area contributed by atoms with Crippen LogP contribution in [0.1, 0.15) is 31.4 Å². The Morgan fingerprint density at radius 2 is 1.19 bits per heavy atom. The largest absolute Gasteiger partial charge is 0.457 e. The predicted molar refractivity (Wildman–Crippen MR) is 148 cm³/mol. The predicted octanol–water partition coefficient (Wildman–Crippen LogP) is 7.09. The van der Waals surface area contributed by atoms with Crippen molar-refractivity contribution in [3.63, 3.8) is 0 Å². The summed E-state index contributed by atoms with van der Waals surface area (Å²) in [6.45, 7) is 4.43. The van der Waals surface area contributed by atoms with Crippen LogP contribution in [0.25, 0.3) is 0 Å². The van der Waals surface area contributed by atoms with Gasteiger partial charge in [0.05, 0.1) is 17.5 Å². The van der Waals surface area contributed by atoms with E-state index >= 15 is 0 Å². The number of rotatable bonds is 5. The summed E-state index contributed by atoms with van der Waals surface area (Å²) in [4.78, 5) is 28.4. The molecule has 2 amide bonds. The molecule has 6 heteroatoms. The van der Waals surface area contributed by atoms with E-state index in [9.17, 15) is 9.59 Å². The second-order valence-electron chi connectivity index (χ2n) is 10.6. The molecule has 36 heavy (non-hydrogen) atoms. The summed E-state index contributed by atoms with van der Waals surface area (Å²) in [7, 11) is 0. The van der Waals surface area contributed by atoms with E-state index in [1.807, 2.05) is 30.3 Å². The Kier molecular flexibility index (Phi) is 5.88. The first-order valence-corrected chi connectivity index (χ1v) is 14.2. The van der Waals surface area contributed by atoms with Crippen LogP contribution < -0.4 is 9.64 Å². The van der Waals surface area contributed by atoms with Gasteiger partial charge in [0.2, 0.25) is 11.8 Å². The second-order valence-corrected chi connectivity index (χ2v) is 12.7. The number of hydrogen-bond acceptors (Lipinski definition) is 3. The van der Waals surface area contributed by atoms with Crippen molar-refractivity contribution in [3.05, 3.63) is 90.0 Å². The fourth-order valence-corrected chi connectivity index (χ4v) is 8.24. The smallest absolute Gasteiger partial charge is 0.238 e. The Labute approximate surface area is 228 Å². The van der Waals surface area contributed by atoms with Crippen molar-refractivity contribution in [1.29, 1.82) is 0 Å². The SMILES string of the molecule is CC(C)(c1ccccc1)c1ccc(Oc2ccc(N3C(=O)[C@@H]4[C@@H]5C[C@H]([C@H](Br)[C@@H]5Br)[C@@H]4C3=O)cc2)cc1. The lowest BCUT2D eigenvalue weighted by Gasteiger charge is -2.28. The molecule has 2 bridgehead atoms. The quantitative estimate of drug-likeness (QED) is 0.229. The van der Waals surface area contributed by atoms with E-state index in [1.54, 1.807) is 12.1 Å². The average Bonchev–Trinajstić information content (AvgIpc) is 3.50. The van der Waals surface area contributed by atoms with Crippen molar-refractivity contribution in [2.45, 2.75) is 35.3 Å². The Morgan fingerprint density at radius 3 is 1.72 bits per heavy atom. The second kappa shape index (κ2) is 8.84. The van der Waals surface area contributed by atoms with Crippen LogP contribution in [0, 0.1) is 23.7 Å². The third-order valence-electron chi connectivity index (χ3n) is 8.39. The molecule has 0 unspecified atom stereocenters. The molecule has 184 valence electrons. The highest BCUT2D eigenvalue weighted by Crippen LogP contribution is 2.60. The van der Waals surface area contributed by atoms with Crippen LogP contribution in [-0.4, -0.2) is 21.5 Å². The molecule has 0 aromatic heterocycles. The van der Waals surface area contributed by atoms with E-state index in [-0.39, 0.29) is 50.6 Å². The van der Waals surface area contributed by atoms with Gasteiger partial charge in [-0.1, -0.05) is 88.2 Å². The fraction of sp³-hybridized carbons (Fsp3) is 0.333. The first kappa shape index (κ1) is 23.9. The molecule has 2 aliphatic carbocycles. The first-order valence-electron chi connectivity index (χ1n) is 12.4. The van der Waals surface area contributed by atoms with Crippen LogP contribution in [0.3, 0.4) is 0 Å². The van der Waals surface area contributed by atoms with Gasteiger partial charge in [0.1, 0.15) is 11.5 Å². The fourth-order valence-electron chi connectivity index (χ4n) is 6.36. The Morgan fingerprint density at radius 1 is 0.722 bits per heavy atom. The molecular weight excluding hydrogens is 582 g/mol. The Hall–Kier alpha value is -2.44. The summed E-state index contributed by atoms with van der Waals surface area (Å²) >= 11 is 7.49. The van der Waals surface area contributed by atoms with Crippen LogP contribution >= 0.6 is 31.9 Å². The summed E-state index contributed by atoms with van der Waals surface area (Å²) in [5.41, 5.74) is 2.97. The minimum atomic E-state index is -0.213. The van der Waals surface area contributed by atoms with Gasteiger partial charge in [-0.15, -0.1) is 0 Å². The monoisotopic (exact) mass is 607 g/mol. The van der Waals surface area contributed by atoms with Gasteiger partial charge < -0.3 is 4.74 Å². The molecule has 6 atom stereocenters. The van der Waals surface area contributed by atoms with Crippen molar-refractivity contribution in [1.82, 2.24) is 0 Å². The van der Waals surface area contributed by atoms with E-state index in [2.05, 4.69) is 82.1 Å². The number of ether oxygens (including phenoxy) is 1. The summed E-state index contributed by atoms with van der Waals surface area (Å²) < 4.78 is 6.07. The highest BCUT2D eigenvalue weighted by Gasteiger charge is 2.66. The summed E-state index contributed by atoms with van der Waals surface area (Å²) in [5, 5.41) is 0. The molecular formula is C30H27Br2NO3. The number of amides is 2. The van der Waals surface area contributed by atoms with Gasteiger partial charge in [0.25, 0.3) is 0 Å². The van der Waals surface area contributed by atoms with Crippen LogP contribution in [0.4, 0.5) is 5.69 Å². The maximum Gasteiger partial charge on any atom is 0.238 e. The minimum absolute atomic E-state index is 0.0633. The van der Waals surface area contributed by atoms with E-state index in [0.717, 1.165) is 12.2 Å². The molecule has 4 nitrogen and oxygen atoms in total. The van der Waals surface area contributed by atoms with Crippen molar-refractivity contribution < 1.29 is 14.3 Å². The number of alkyl halides is 2. The van der Waals surface area contributed by atoms with Crippen LogP contribution in [0.15, 0.2) is 78.9 Å². The van der Waals surface area contributed by atoms with Gasteiger partial charge in [0.15, 0.2) is 0 Å². The number of benzene rings is 3. The standard InChI is InChI=1S/C30H27Br2NO3/c1-30(2,17-6-4-3-5-7-17)18-8-12-20(13-9-18)36-21-14-10-19(11-15-21)33-28(34)24-22-16-23(25(24)29(33)35)27(32)26(22)31/h3-15,22-27H,16H2,1-2H3/t22-,23-,24-,25+,26-,27+/m0/s1. The number of carbonyl (C=O) groups is 2. The van der Waals surface area contributed by atoms with Crippen molar-refractivity contribution >= 4 is 49.4 Å². The molecule has 3 aromatic carbocycles. The van der Waals surface area contributed by atoms with E-state index in [0.29, 0.717) is 11.4 Å². The maximum atomic E-state index is 13.3. The van der Waals surface area contributed by atoms with Crippen molar-refractivity contribution in [2.75, 3.05) is 4.90 Å². The highest BCUT2D eigenvalue weighted by molar-refractivity contribution is 9.12. The zero-order valence-corrected chi connectivity index (χ0v) is 23.3. The Bertz CT molecular complexity index is 1270. The molecule has 0 N–H and O–H groups in total. The summed E-state index contributed by atoms with van der Waals surface area (Å²) in [6, 6.07) is 25.9. The van der Waals surface area contributed by atoms with Crippen LogP contribution in [0.5, 0.6) is 11.5 Å². The van der Waals surface area contributed by atoms with Gasteiger partial charge in [-0.3, -0.25) is 14.5 Å². The van der Waals surface area contributed by atoms with Gasteiger partial charge >= 0.3 is 0 Å². The maximum absolute atomic E-state index is 13.3. The molecule has 0 spiro atoms. The van der Waals surface area contributed by atoms with Gasteiger partial charge in [0, 0.05) is 15.1 Å². The van der Waals surface area contributed by atoms with Gasteiger partial charge in [-0.25, -0.2) is 0 Å². The summed E-state index contributed by atoms with van der Waals surface area (Å²) in [5.74, 6) is 1.27. The van der Waals surface area contributed by atoms with Crippen LogP contribution in [-0.2, 0) is 15.0 Å². The average molecular weight is 609 g/mol. The van der Waals surface area contributed by atoms with Gasteiger partial charge in [-0.2, -0.15) is 0 Å². The number of nitrogens with zero attached hydrogens (tertiary/aromatic N) is 1. The lowest BCUT2D eigenvalue weighted by atomic mass is 9.78. The van der Waals surface area contributed by atoms with Crippen molar-refractivity contribution in [3.8, 4) is 11.5 Å². The molecule has 3 fully saturated rings. The number of imide groups is 1. The number of anilines is 1. The molecule has 1 saturated heterocycles. The lowest BCUT2D eigenvalue weighted by molar-refractivity contribution is -0.123. The normalized spacial score (nSPS) is 29.1. The lowest BCUT2D eigenvalue weighted by Crippen LogP contribution is -2.37. The molecule has 3 aromatic rings. The van der Waals surface area contributed by atoms with E-state index < -0.39 is 0 Å². The summed E-state index contributed by atoms with van der Waals surface area (Å²) in [6.07, 6.45) is 0.931. The number of hydrogen-bond donors (Lipinski definition) is 0. The molecule has 1 heterocycles. The third kappa shape index (κ3) is 3.67. The van der Waals surface area contributed by atoms with E-state index in [1.165, 1.54) is 16.0 Å². The molecule has 6 rings (SSSR count). The first-order chi connectivity index (χ1) is 17.3.